The van der Waals surface area contributed by atoms with E-state index < -0.39 is 0 Å². The highest BCUT2D eigenvalue weighted by atomic mass is 32.2. The van der Waals surface area contributed by atoms with Crippen molar-refractivity contribution in [1.29, 1.82) is 0 Å². The highest BCUT2D eigenvalue weighted by Crippen LogP contribution is 2.32. The predicted octanol–water partition coefficient (Wildman–Crippen LogP) is 2.66. The molecule has 3 rings (SSSR count). The average molecular weight is 275 g/mol. The van der Waals surface area contributed by atoms with Crippen LogP contribution in [-0.2, 0) is 0 Å². The molecule has 0 amide bonds. The van der Waals surface area contributed by atoms with Crippen molar-refractivity contribution < 1.29 is 5.11 Å². The van der Waals surface area contributed by atoms with Crippen LogP contribution in [0, 0.1) is 0 Å². The van der Waals surface area contributed by atoms with Crippen molar-refractivity contribution in [3.8, 4) is 5.69 Å². The van der Waals surface area contributed by atoms with Crippen molar-refractivity contribution >= 4 is 11.8 Å². The summed E-state index contributed by atoms with van der Waals surface area (Å²) in [6, 6.07) is 9.94. The Morgan fingerprint density at radius 2 is 1.95 bits per heavy atom. The van der Waals surface area contributed by atoms with Gasteiger partial charge in [-0.05, 0) is 25.0 Å². The van der Waals surface area contributed by atoms with Crippen LogP contribution in [0.3, 0.4) is 0 Å². The first-order valence-corrected chi connectivity index (χ1v) is 7.53. The van der Waals surface area contributed by atoms with Crippen molar-refractivity contribution in [2.45, 2.75) is 42.2 Å². The van der Waals surface area contributed by atoms with E-state index in [4.69, 9.17) is 0 Å². The average Bonchev–Trinajstić information content (AvgIpc) is 2.91. The van der Waals surface area contributed by atoms with Crippen molar-refractivity contribution in [3.05, 3.63) is 36.7 Å². The standard InChI is InChI=1S/C14H17N3OS/c18-12-8-4-5-9-13(12)19-14-15-10-17(16-14)11-6-2-1-3-7-11/h1-3,6-7,10,12-13,18H,4-5,8-9H2. The minimum absolute atomic E-state index is 0.220. The first kappa shape index (κ1) is 12.7. The molecule has 2 atom stereocenters. The van der Waals surface area contributed by atoms with Gasteiger partial charge in [0.1, 0.15) is 6.33 Å². The van der Waals surface area contributed by atoms with Gasteiger partial charge in [-0.25, -0.2) is 9.67 Å². The fourth-order valence-corrected chi connectivity index (χ4v) is 3.45. The minimum Gasteiger partial charge on any atom is -0.392 e. The van der Waals surface area contributed by atoms with Crippen LogP contribution in [0.5, 0.6) is 0 Å². The molecule has 1 aromatic carbocycles. The van der Waals surface area contributed by atoms with Crippen molar-refractivity contribution in [2.75, 3.05) is 0 Å². The monoisotopic (exact) mass is 275 g/mol. The van der Waals surface area contributed by atoms with Gasteiger partial charge in [-0.1, -0.05) is 42.8 Å². The van der Waals surface area contributed by atoms with E-state index in [2.05, 4.69) is 10.1 Å². The summed E-state index contributed by atoms with van der Waals surface area (Å²) in [6.07, 6.45) is 5.77. The molecule has 0 spiro atoms. The smallest absolute Gasteiger partial charge is 0.209 e. The first-order valence-electron chi connectivity index (χ1n) is 6.65. The van der Waals surface area contributed by atoms with Gasteiger partial charge in [0.2, 0.25) is 5.16 Å². The summed E-state index contributed by atoms with van der Waals surface area (Å²) in [7, 11) is 0. The molecule has 2 aromatic rings. The first-order chi connectivity index (χ1) is 9.33. The van der Waals surface area contributed by atoms with E-state index in [1.165, 1.54) is 6.42 Å². The molecule has 0 saturated heterocycles. The molecule has 1 heterocycles. The van der Waals surface area contributed by atoms with E-state index in [0.717, 1.165) is 30.1 Å². The van der Waals surface area contributed by atoms with Gasteiger partial charge in [0, 0.05) is 5.25 Å². The van der Waals surface area contributed by atoms with Gasteiger partial charge in [-0.2, -0.15) is 0 Å². The summed E-state index contributed by atoms with van der Waals surface area (Å²) in [5.74, 6) is 0. The molecule has 0 bridgehead atoms. The van der Waals surface area contributed by atoms with Crippen LogP contribution in [0.2, 0.25) is 0 Å². The van der Waals surface area contributed by atoms with E-state index >= 15 is 0 Å². The van der Waals surface area contributed by atoms with Gasteiger partial charge in [-0.3, -0.25) is 0 Å². The third kappa shape index (κ3) is 2.98. The Kier molecular flexibility index (Phi) is 3.84. The van der Waals surface area contributed by atoms with Crippen molar-refractivity contribution in [1.82, 2.24) is 14.8 Å². The lowest BCUT2D eigenvalue weighted by Crippen LogP contribution is -2.26. The Balaban J connectivity index is 1.71. The number of rotatable bonds is 3. The maximum absolute atomic E-state index is 9.97. The lowest BCUT2D eigenvalue weighted by atomic mass is 9.97. The molecule has 0 radical (unpaired) electrons. The summed E-state index contributed by atoms with van der Waals surface area (Å²) in [6.45, 7) is 0. The molecular weight excluding hydrogens is 258 g/mol. The SMILES string of the molecule is OC1CCCCC1Sc1ncn(-c2ccccc2)n1. The van der Waals surface area contributed by atoms with Crippen LogP contribution in [0.15, 0.2) is 41.8 Å². The second-order valence-electron chi connectivity index (χ2n) is 4.82. The molecule has 0 aliphatic heterocycles. The second-order valence-corrected chi connectivity index (χ2v) is 6.02. The van der Waals surface area contributed by atoms with E-state index in [0.29, 0.717) is 0 Å². The number of aliphatic hydroxyl groups is 1. The second kappa shape index (κ2) is 5.75. The Morgan fingerprint density at radius 3 is 2.74 bits per heavy atom. The molecule has 1 aliphatic carbocycles. The van der Waals surface area contributed by atoms with Gasteiger partial charge in [0.25, 0.3) is 0 Å². The van der Waals surface area contributed by atoms with Gasteiger partial charge < -0.3 is 5.11 Å². The molecule has 4 nitrogen and oxygen atoms in total. The zero-order valence-corrected chi connectivity index (χ0v) is 11.5. The van der Waals surface area contributed by atoms with Crippen molar-refractivity contribution in [3.63, 3.8) is 0 Å². The molecule has 100 valence electrons. The fraction of sp³-hybridized carbons (Fsp3) is 0.429. The number of hydrogen-bond donors (Lipinski definition) is 1. The summed E-state index contributed by atoms with van der Waals surface area (Å²) in [4.78, 5) is 4.32. The quantitative estimate of drug-likeness (QED) is 0.935. The third-order valence-corrected chi connectivity index (χ3v) is 4.67. The van der Waals surface area contributed by atoms with Gasteiger partial charge in [0.15, 0.2) is 0 Å². The largest absolute Gasteiger partial charge is 0.392 e. The Labute approximate surface area is 116 Å². The summed E-state index contributed by atoms with van der Waals surface area (Å²) in [5, 5.41) is 15.4. The van der Waals surface area contributed by atoms with Crippen LogP contribution < -0.4 is 0 Å². The molecule has 5 heteroatoms. The van der Waals surface area contributed by atoms with E-state index in [1.807, 2.05) is 30.3 Å². The van der Waals surface area contributed by atoms with Crippen LogP contribution in [0.1, 0.15) is 25.7 Å². The molecule has 1 fully saturated rings. The number of benzene rings is 1. The number of hydrogen-bond acceptors (Lipinski definition) is 4. The molecule has 1 N–H and O–H groups in total. The van der Waals surface area contributed by atoms with Gasteiger partial charge >= 0.3 is 0 Å². The zero-order valence-electron chi connectivity index (χ0n) is 10.6. The molecule has 19 heavy (non-hydrogen) atoms. The lowest BCUT2D eigenvalue weighted by Gasteiger charge is -2.25. The van der Waals surface area contributed by atoms with Gasteiger partial charge in [0.05, 0.1) is 11.8 Å². The third-order valence-electron chi connectivity index (χ3n) is 3.42. The molecule has 2 unspecified atom stereocenters. The number of thioether (sulfide) groups is 1. The molecule has 1 aliphatic rings. The summed E-state index contributed by atoms with van der Waals surface area (Å²) in [5.41, 5.74) is 1.01. The highest BCUT2D eigenvalue weighted by Gasteiger charge is 2.25. The Bertz CT molecular complexity index is 528. The topological polar surface area (TPSA) is 50.9 Å². The maximum atomic E-state index is 9.97. The number of aliphatic hydroxyl groups excluding tert-OH is 1. The molecular formula is C14H17N3OS. The van der Waals surface area contributed by atoms with E-state index in [1.54, 1.807) is 22.8 Å². The fourth-order valence-electron chi connectivity index (χ4n) is 2.36. The van der Waals surface area contributed by atoms with Crippen LogP contribution in [-0.4, -0.2) is 31.2 Å². The molecule has 1 aromatic heterocycles. The zero-order chi connectivity index (χ0) is 13.1. The van der Waals surface area contributed by atoms with Crippen LogP contribution in [0.25, 0.3) is 5.69 Å². The van der Waals surface area contributed by atoms with E-state index in [9.17, 15) is 5.11 Å². The normalized spacial score (nSPS) is 23.4. The van der Waals surface area contributed by atoms with E-state index in [-0.39, 0.29) is 11.4 Å². The number of nitrogens with zero attached hydrogens (tertiary/aromatic N) is 3. The Hall–Kier alpha value is -1.33. The lowest BCUT2D eigenvalue weighted by molar-refractivity contribution is 0.137. The Morgan fingerprint density at radius 1 is 1.16 bits per heavy atom. The number of para-hydroxylation sites is 1. The summed E-state index contributed by atoms with van der Waals surface area (Å²) >= 11 is 1.60. The minimum atomic E-state index is -0.220. The summed E-state index contributed by atoms with van der Waals surface area (Å²) < 4.78 is 1.78. The van der Waals surface area contributed by atoms with Crippen LogP contribution >= 0.6 is 11.8 Å². The predicted molar refractivity (Wildman–Crippen MR) is 75.5 cm³/mol. The molecule has 1 saturated carbocycles. The maximum Gasteiger partial charge on any atom is 0.209 e. The van der Waals surface area contributed by atoms with Crippen molar-refractivity contribution in [2.24, 2.45) is 0 Å². The van der Waals surface area contributed by atoms with Gasteiger partial charge in [-0.15, -0.1) is 5.10 Å². The number of aromatic nitrogens is 3. The van der Waals surface area contributed by atoms with Crippen LogP contribution in [0.4, 0.5) is 0 Å². The highest BCUT2D eigenvalue weighted by molar-refractivity contribution is 7.99.